The Labute approximate surface area is 131 Å². The molecule has 0 spiro atoms. The summed E-state index contributed by atoms with van der Waals surface area (Å²) in [6, 6.07) is 5.96. The van der Waals surface area contributed by atoms with Gasteiger partial charge in [0.1, 0.15) is 10.8 Å². The Bertz CT molecular complexity index is 766. The van der Waals surface area contributed by atoms with Gasteiger partial charge in [0.15, 0.2) is 0 Å². The maximum Gasteiger partial charge on any atom is 0.120 e. The van der Waals surface area contributed by atoms with Crippen molar-refractivity contribution in [2.45, 2.75) is 17.2 Å². The number of thiazole rings is 1. The van der Waals surface area contributed by atoms with Crippen molar-refractivity contribution in [2.75, 3.05) is 7.11 Å². The molecule has 110 valence electrons. The largest absolute Gasteiger partial charge is 0.497 e. The lowest BCUT2D eigenvalue weighted by atomic mass is 10.3. The van der Waals surface area contributed by atoms with E-state index >= 15 is 0 Å². The fourth-order valence-electron chi connectivity index (χ4n) is 2.08. The number of aryl methyl sites for hydroxylation is 1. The summed E-state index contributed by atoms with van der Waals surface area (Å²) < 4.78 is 8.22. The minimum absolute atomic E-state index is 0.496. The van der Waals surface area contributed by atoms with Crippen molar-refractivity contribution in [3.8, 4) is 5.75 Å². The summed E-state index contributed by atoms with van der Waals surface area (Å²) in [5.41, 5.74) is 7.83. The van der Waals surface area contributed by atoms with E-state index in [0.29, 0.717) is 6.54 Å². The Morgan fingerprint density at radius 1 is 1.43 bits per heavy atom. The molecule has 0 bridgehead atoms. The van der Waals surface area contributed by atoms with E-state index < -0.39 is 0 Å². The molecule has 1 aromatic carbocycles. The van der Waals surface area contributed by atoms with Crippen molar-refractivity contribution < 1.29 is 4.74 Å². The Hall–Kier alpha value is -1.57. The monoisotopic (exact) mass is 320 g/mol. The van der Waals surface area contributed by atoms with Crippen molar-refractivity contribution in [3.63, 3.8) is 0 Å². The van der Waals surface area contributed by atoms with E-state index in [9.17, 15) is 0 Å². The van der Waals surface area contributed by atoms with E-state index in [4.69, 9.17) is 10.5 Å². The predicted molar refractivity (Wildman–Crippen MR) is 86.8 cm³/mol. The van der Waals surface area contributed by atoms with Gasteiger partial charge in [0.2, 0.25) is 0 Å². The zero-order chi connectivity index (χ0) is 14.8. The lowest BCUT2D eigenvalue weighted by Gasteiger charge is -2.01. The summed E-state index contributed by atoms with van der Waals surface area (Å²) in [4.78, 5) is 5.77. The van der Waals surface area contributed by atoms with Crippen molar-refractivity contribution in [2.24, 2.45) is 12.8 Å². The topological polar surface area (TPSA) is 66.0 Å². The molecule has 0 aliphatic heterocycles. The number of methoxy groups -OCH3 is 1. The molecule has 0 aliphatic rings. The van der Waals surface area contributed by atoms with E-state index in [2.05, 4.69) is 10.1 Å². The SMILES string of the molecule is COc1ccc2nc(CSc3cnn(C)c3CN)sc2c1. The lowest BCUT2D eigenvalue weighted by Crippen LogP contribution is -2.05. The van der Waals surface area contributed by atoms with Gasteiger partial charge < -0.3 is 10.5 Å². The molecule has 3 rings (SSSR count). The van der Waals surface area contributed by atoms with Crippen LogP contribution in [0.5, 0.6) is 5.75 Å². The molecule has 5 nitrogen and oxygen atoms in total. The van der Waals surface area contributed by atoms with E-state index in [1.54, 1.807) is 30.2 Å². The summed E-state index contributed by atoms with van der Waals surface area (Å²) in [6.07, 6.45) is 1.86. The normalized spacial score (nSPS) is 11.2. The van der Waals surface area contributed by atoms with Gasteiger partial charge in [-0.3, -0.25) is 4.68 Å². The number of aromatic nitrogens is 3. The summed E-state index contributed by atoms with van der Waals surface area (Å²) in [6.45, 7) is 0.496. The Morgan fingerprint density at radius 2 is 2.29 bits per heavy atom. The number of nitrogens with zero attached hydrogens (tertiary/aromatic N) is 3. The minimum Gasteiger partial charge on any atom is -0.497 e. The van der Waals surface area contributed by atoms with E-state index in [1.807, 2.05) is 36.1 Å². The average molecular weight is 320 g/mol. The molecule has 0 unspecified atom stereocenters. The number of rotatable bonds is 5. The van der Waals surface area contributed by atoms with Crippen LogP contribution < -0.4 is 10.5 Å². The van der Waals surface area contributed by atoms with Gasteiger partial charge in [0, 0.05) is 13.6 Å². The highest BCUT2D eigenvalue weighted by Crippen LogP contribution is 2.31. The highest BCUT2D eigenvalue weighted by atomic mass is 32.2. The summed E-state index contributed by atoms with van der Waals surface area (Å²) in [5, 5.41) is 5.34. The van der Waals surface area contributed by atoms with Gasteiger partial charge in [-0.15, -0.1) is 23.1 Å². The van der Waals surface area contributed by atoms with Gasteiger partial charge >= 0.3 is 0 Å². The van der Waals surface area contributed by atoms with Crippen LogP contribution in [-0.4, -0.2) is 21.9 Å². The molecule has 2 N–H and O–H groups in total. The quantitative estimate of drug-likeness (QED) is 0.732. The molecule has 0 atom stereocenters. The molecule has 0 amide bonds. The molecule has 3 aromatic rings. The van der Waals surface area contributed by atoms with Gasteiger partial charge in [-0.1, -0.05) is 0 Å². The van der Waals surface area contributed by atoms with Crippen molar-refractivity contribution in [1.29, 1.82) is 0 Å². The number of ether oxygens (including phenoxy) is 1. The smallest absolute Gasteiger partial charge is 0.120 e. The van der Waals surface area contributed by atoms with Crippen LogP contribution in [0.4, 0.5) is 0 Å². The number of nitrogens with two attached hydrogens (primary N) is 1. The maximum atomic E-state index is 5.76. The van der Waals surface area contributed by atoms with Crippen LogP contribution in [0.15, 0.2) is 29.3 Å². The van der Waals surface area contributed by atoms with Crippen molar-refractivity contribution >= 4 is 33.3 Å². The second kappa shape index (κ2) is 6.05. The average Bonchev–Trinajstić information content (AvgIpc) is 3.06. The summed E-state index contributed by atoms with van der Waals surface area (Å²) in [5.74, 6) is 1.68. The highest BCUT2D eigenvalue weighted by molar-refractivity contribution is 7.98. The van der Waals surface area contributed by atoms with Crippen LogP contribution in [0.25, 0.3) is 10.2 Å². The lowest BCUT2D eigenvalue weighted by molar-refractivity contribution is 0.415. The minimum atomic E-state index is 0.496. The highest BCUT2D eigenvalue weighted by Gasteiger charge is 2.10. The molecule has 0 aliphatic carbocycles. The third kappa shape index (κ3) is 2.90. The molecule has 21 heavy (non-hydrogen) atoms. The number of hydrogen-bond acceptors (Lipinski definition) is 6. The van der Waals surface area contributed by atoms with Gasteiger partial charge in [0.25, 0.3) is 0 Å². The molecular weight excluding hydrogens is 304 g/mol. The molecule has 0 fully saturated rings. The molecule has 0 saturated carbocycles. The Balaban J connectivity index is 1.78. The number of hydrogen-bond donors (Lipinski definition) is 1. The van der Waals surface area contributed by atoms with Crippen LogP contribution in [0.3, 0.4) is 0 Å². The molecule has 7 heteroatoms. The number of fused-ring (bicyclic) bond motifs is 1. The van der Waals surface area contributed by atoms with Gasteiger partial charge in [-0.05, 0) is 18.2 Å². The third-order valence-electron chi connectivity index (χ3n) is 3.21. The zero-order valence-corrected chi connectivity index (χ0v) is 13.5. The van der Waals surface area contributed by atoms with Crippen LogP contribution in [0, 0.1) is 0 Å². The van der Waals surface area contributed by atoms with E-state index in [-0.39, 0.29) is 0 Å². The molecule has 2 aromatic heterocycles. The maximum absolute atomic E-state index is 5.76. The zero-order valence-electron chi connectivity index (χ0n) is 11.9. The molecule has 2 heterocycles. The first kappa shape index (κ1) is 14.4. The second-order valence-corrected chi connectivity index (χ2v) is 6.65. The van der Waals surface area contributed by atoms with Crippen molar-refractivity contribution in [1.82, 2.24) is 14.8 Å². The molecule has 0 saturated heterocycles. The standard InChI is InChI=1S/C14H16N4OS2/c1-18-11(6-15)13(7-16-18)20-8-14-17-10-4-3-9(19-2)5-12(10)21-14/h3-5,7H,6,8,15H2,1-2H3. The van der Waals surface area contributed by atoms with E-state index in [1.165, 1.54) is 0 Å². The third-order valence-corrected chi connectivity index (χ3v) is 5.48. The van der Waals surface area contributed by atoms with Crippen LogP contribution in [0.1, 0.15) is 10.7 Å². The summed E-state index contributed by atoms with van der Waals surface area (Å²) in [7, 11) is 3.59. The number of thioether (sulfide) groups is 1. The van der Waals surface area contributed by atoms with E-state index in [0.717, 1.165) is 37.3 Å². The second-order valence-electron chi connectivity index (χ2n) is 4.51. The Kier molecular flexibility index (Phi) is 4.14. The first-order chi connectivity index (χ1) is 10.2. The van der Waals surface area contributed by atoms with Gasteiger partial charge in [-0.2, -0.15) is 5.10 Å². The predicted octanol–water partition coefficient (Wildman–Crippen LogP) is 2.79. The fraction of sp³-hybridized carbons (Fsp3) is 0.286. The first-order valence-corrected chi connectivity index (χ1v) is 8.28. The summed E-state index contributed by atoms with van der Waals surface area (Å²) >= 11 is 3.42. The van der Waals surface area contributed by atoms with Gasteiger partial charge in [0.05, 0.1) is 39.9 Å². The molecule has 0 radical (unpaired) electrons. The van der Waals surface area contributed by atoms with Crippen LogP contribution >= 0.6 is 23.1 Å². The fourth-order valence-corrected chi connectivity index (χ4v) is 4.13. The van der Waals surface area contributed by atoms with Crippen LogP contribution in [0.2, 0.25) is 0 Å². The Morgan fingerprint density at radius 3 is 3.05 bits per heavy atom. The van der Waals surface area contributed by atoms with Gasteiger partial charge in [-0.25, -0.2) is 4.98 Å². The van der Waals surface area contributed by atoms with Crippen molar-refractivity contribution in [3.05, 3.63) is 35.1 Å². The molecular formula is C14H16N4OS2. The van der Waals surface area contributed by atoms with Crippen LogP contribution in [-0.2, 0) is 19.3 Å². The number of benzene rings is 1. The first-order valence-electron chi connectivity index (χ1n) is 6.48.